The molecule has 1 saturated carbocycles. The summed E-state index contributed by atoms with van der Waals surface area (Å²) in [4.78, 5) is 6.68. The van der Waals surface area contributed by atoms with Crippen LogP contribution in [0.2, 0.25) is 0 Å². The monoisotopic (exact) mass is 284 g/mol. The van der Waals surface area contributed by atoms with Gasteiger partial charge in [0.1, 0.15) is 11.9 Å². The molecule has 2 aliphatic rings. The minimum atomic E-state index is 0.311. The van der Waals surface area contributed by atoms with E-state index < -0.39 is 0 Å². The number of rotatable bonds is 4. The number of aromatic nitrogens is 3. The lowest BCUT2D eigenvalue weighted by Gasteiger charge is -2.26. The Morgan fingerprint density at radius 3 is 3.05 bits per heavy atom. The molecule has 21 heavy (non-hydrogen) atoms. The van der Waals surface area contributed by atoms with Crippen LogP contribution in [0.25, 0.3) is 0 Å². The van der Waals surface area contributed by atoms with Gasteiger partial charge in [0.15, 0.2) is 0 Å². The van der Waals surface area contributed by atoms with Gasteiger partial charge in [-0.3, -0.25) is 14.6 Å². The van der Waals surface area contributed by atoms with Gasteiger partial charge >= 0.3 is 0 Å². The van der Waals surface area contributed by atoms with Gasteiger partial charge in [0.25, 0.3) is 0 Å². The molecule has 0 amide bonds. The third-order valence-electron chi connectivity index (χ3n) is 4.67. The highest BCUT2D eigenvalue weighted by Gasteiger charge is 2.48. The van der Waals surface area contributed by atoms with Crippen molar-refractivity contribution in [2.75, 3.05) is 6.54 Å². The summed E-state index contributed by atoms with van der Waals surface area (Å²) in [5, 5.41) is 4.26. The lowest BCUT2D eigenvalue weighted by Crippen LogP contribution is -2.35. The lowest BCUT2D eigenvalue weighted by molar-refractivity contribution is 0.141. The molecule has 0 aromatic carbocycles. The maximum atomic E-state index is 6.21. The summed E-state index contributed by atoms with van der Waals surface area (Å²) in [7, 11) is 1.97. The number of piperidine rings is 1. The fourth-order valence-corrected chi connectivity index (χ4v) is 3.77. The number of hydrogen-bond acceptors (Lipinski definition) is 4. The molecule has 110 valence electrons. The van der Waals surface area contributed by atoms with E-state index in [1.165, 1.54) is 18.4 Å². The number of ether oxygens (including phenoxy) is 1. The van der Waals surface area contributed by atoms with Gasteiger partial charge in [-0.1, -0.05) is 0 Å². The molecular weight excluding hydrogens is 264 g/mol. The van der Waals surface area contributed by atoms with Crippen LogP contribution in [0.1, 0.15) is 18.4 Å². The lowest BCUT2D eigenvalue weighted by atomic mass is 10.1. The van der Waals surface area contributed by atoms with Gasteiger partial charge in [0, 0.05) is 50.1 Å². The van der Waals surface area contributed by atoms with E-state index in [-0.39, 0.29) is 0 Å². The van der Waals surface area contributed by atoms with Gasteiger partial charge in [0.05, 0.1) is 12.4 Å². The topological polar surface area (TPSA) is 43.2 Å². The van der Waals surface area contributed by atoms with Crippen molar-refractivity contribution in [3.8, 4) is 5.75 Å². The highest BCUT2D eigenvalue weighted by Crippen LogP contribution is 2.40. The molecule has 0 radical (unpaired) electrons. The summed E-state index contributed by atoms with van der Waals surface area (Å²) >= 11 is 0. The van der Waals surface area contributed by atoms with E-state index in [4.69, 9.17) is 4.74 Å². The number of nitrogens with zero attached hydrogens (tertiary/aromatic N) is 4. The standard InChI is InChI=1S/C16H20N4O/c1-19-9-12(7-18-19)10-20-11-13-4-5-15(20)16(13)21-14-3-2-6-17-8-14/h2-3,6-9,13,15-16H,4-5,10-11H2,1H3/t13-,15+,16-/m1/s1. The molecule has 2 bridgehead atoms. The van der Waals surface area contributed by atoms with Gasteiger partial charge in [-0.25, -0.2) is 0 Å². The Bertz CT molecular complexity index is 612. The molecule has 1 aliphatic heterocycles. The Morgan fingerprint density at radius 2 is 2.29 bits per heavy atom. The van der Waals surface area contributed by atoms with Crippen LogP contribution in [0, 0.1) is 5.92 Å². The first-order valence-electron chi connectivity index (χ1n) is 7.58. The molecular formula is C16H20N4O. The normalized spacial score (nSPS) is 28.1. The van der Waals surface area contributed by atoms with E-state index in [9.17, 15) is 0 Å². The highest BCUT2D eigenvalue weighted by molar-refractivity contribution is 5.18. The van der Waals surface area contributed by atoms with Crippen molar-refractivity contribution in [1.82, 2.24) is 19.7 Å². The van der Waals surface area contributed by atoms with E-state index in [1.807, 2.05) is 36.3 Å². The largest absolute Gasteiger partial charge is 0.487 e. The van der Waals surface area contributed by atoms with Gasteiger partial charge < -0.3 is 4.74 Å². The molecule has 3 atom stereocenters. The number of likely N-dealkylation sites (tertiary alicyclic amines) is 1. The van der Waals surface area contributed by atoms with Crippen molar-refractivity contribution >= 4 is 0 Å². The summed E-state index contributed by atoms with van der Waals surface area (Å²) in [6, 6.07) is 4.45. The summed E-state index contributed by atoms with van der Waals surface area (Å²) in [5.74, 6) is 1.54. The fraction of sp³-hybridized carbons (Fsp3) is 0.500. The molecule has 3 heterocycles. The zero-order valence-electron chi connectivity index (χ0n) is 12.2. The van der Waals surface area contributed by atoms with Gasteiger partial charge in [-0.2, -0.15) is 5.10 Å². The average molecular weight is 284 g/mol. The van der Waals surface area contributed by atoms with Crippen molar-refractivity contribution in [2.45, 2.75) is 31.5 Å². The second-order valence-electron chi connectivity index (χ2n) is 6.13. The van der Waals surface area contributed by atoms with Crippen molar-refractivity contribution in [3.63, 3.8) is 0 Å². The first kappa shape index (κ1) is 12.8. The average Bonchev–Trinajstić information content (AvgIpc) is 3.16. The van der Waals surface area contributed by atoms with Crippen molar-refractivity contribution in [3.05, 3.63) is 42.5 Å². The van der Waals surface area contributed by atoms with E-state index in [1.54, 1.807) is 6.20 Å². The van der Waals surface area contributed by atoms with Crippen LogP contribution < -0.4 is 4.74 Å². The molecule has 0 N–H and O–H groups in total. The van der Waals surface area contributed by atoms with Crippen molar-refractivity contribution < 1.29 is 4.74 Å². The molecule has 0 unspecified atom stereocenters. The molecule has 4 rings (SSSR count). The van der Waals surface area contributed by atoms with E-state index in [0.29, 0.717) is 18.1 Å². The summed E-state index contributed by atoms with van der Waals surface area (Å²) in [6.07, 6.45) is 10.5. The minimum absolute atomic E-state index is 0.311. The quantitative estimate of drug-likeness (QED) is 0.859. The third-order valence-corrected chi connectivity index (χ3v) is 4.67. The van der Waals surface area contributed by atoms with Crippen LogP contribution in [-0.2, 0) is 13.6 Å². The second-order valence-corrected chi connectivity index (χ2v) is 6.13. The number of fused-ring (bicyclic) bond motifs is 2. The molecule has 2 aromatic heterocycles. The summed E-state index contributed by atoms with van der Waals surface area (Å²) < 4.78 is 8.08. The molecule has 0 spiro atoms. The zero-order chi connectivity index (χ0) is 14.2. The third kappa shape index (κ3) is 2.42. The van der Waals surface area contributed by atoms with Gasteiger partial charge in [-0.15, -0.1) is 0 Å². The first-order chi connectivity index (χ1) is 10.3. The summed E-state index contributed by atoms with van der Waals surface area (Å²) in [6.45, 7) is 2.10. The molecule has 2 fully saturated rings. The Kier molecular flexibility index (Phi) is 3.15. The Balaban J connectivity index is 1.46. The number of pyridine rings is 1. The Labute approximate surface area is 124 Å². The highest BCUT2D eigenvalue weighted by atomic mass is 16.5. The predicted octanol–water partition coefficient (Wildman–Crippen LogP) is 1.86. The predicted molar refractivity (Wildman–Crippen MR) is 78.8 cm³/mol. The maximum Gasteiger partial charge on any atom is 0.138 e. The first-order valence-corrected chi connectivity index (χ1v) is 7.58. The van der Waals surface area contributed by atoms with E-state index in [0.717, 1.165) is 18.8 Å². The Morgan fingerprint density at radius 1 is 1.33 bits per heavy atom. The second kappa shape index (κ2) is 5.15. The molecule has 1 saturated heterocycles. The van der Waals surface area contributed by atoms with Crippen LogP contribution in [0.3, 0.4) is 0 Å². The van der Waals surface area contributed by atoms with Gasteiger partial charge in [0.2, 0.25) is 0 Å². The van der Waals surface area contributed by atoms with Crippen LogP contribution in [0.15, 0.2) is 36.9 Å². The van der Waals surface area contributed by atoms with Crippen LogP contribution in [-0.4, -0.2) is 38.4 Å². The minimum Gasteiger partial charge on any atom is -0.487 e. The van der Waals surface area contributed by atoms with Gasteiger partial charge in [-0.05, 0) is 25.0 Å². The zero-order valence-corrected chi connectivity index (χ0v) is 12.2. The maximum absolute atomic E-state index is 6.21. The molecule has 5 heteroatoms. The van der Waals surface area contributed by atoms with Crippen molar-refractivity contribution in [1.29, 1.82) is 0 Å². The molecule has 5 nitrogen and oxygen atoms in total. The van der Waals surface area contributed by atoms with Crippen LogP contribution in [0.5, 0.6) is 5.75 Å². The molecule has 2 aromatic rings. The number of hydrogen-bond donors (Lipinski definition) is 0. The Hall–Kier alpha value is -1.88. The smallest absolute Gasteiger partial charge is 0.138 e. The SMILES string of the molecule is Cn1cc(CN2C[C@H]3CC[C@H]2[C@@H]3Oc2cccnc2)cn1. The number of aryl methyl sites for hydroxylation is 1. The summed E-state index contributed by atoms with van der Waals surface area (Å²) in [5.41, 5.74) is 1.28. The molecule has 1 aliphatic carbocycles. The van der Waals surface area contributed by atoms with Crippen LogP contribution >= 0.6 is 0 Å². The van der Waals surface area contributed by atoms with E-state index >= 15 is 0 Å². The van der Waals surface area contributed by atoms with E-state index in [2.05, 4.69) is 21.2 Å². The fourth-order valence-electron chi connectivity index (χ4n) is 3.77. The van der Waals surface area contributed by atoms with Crippen molar-refractivity contribution in [2.24, 2.45) is 13.0 Å². The van der Waals surface area contributed by atoms with Crippen LogP contribution in [0.4, 0.5) is 0 Å².